The third-order valence-electron chi connectivity index (χ3n) is 14.0. The minimum absolute atomic E-state index is 0.464. The summed E-state index contributed by atoms with van der Waals surface area (Å²) in [6.45, 7) is 0. The number of para-hydroxylation sites is 2. The molecule has 2 aromatic heterocycles. The van der Waals surface area contributed by atoms with Crippen LogP contribution in [0.15, 0.2) is 231 Å². The second kappa shape index (κ2) is 13.5. The lowest BCUT2D eigenvalue weighted by atomic mass is 9.70. The van der Waals surface area contributed by atoms with E-state index in [1.807, 2.05) is 11.3 Å². The van der Waals surface area contributed by atoms with E-state index in [4.69, 9.17) is 0 Å². The SMILES string of the molecule is c1ccc(-c2ccc(N(c3cccc4c3-c3ccccc3C43c4ccccc4-c4ccccc43)c3cccc4c5ccc6sc7ccccc7c6c5n(-c5ccccc5)c34)cc2)cc1. The van der Waals surface area contributed by atoms with Gasteiger partial charge in [0, 0.05) is 47.9 Å². The second-order valence-electron chi connectivity index (χ2n) is 17.1. The molecule has 3 heteroatoms. The van der Waals surface area contributed by atoms with Gasteiger partial charge in [-0.15, -0.1) is 11.3 Å². The van der Waals surface area contributed by atoms with Crippen LogP contribution in [0.25, 0.3) is 81.0 Å². The van der Waals surface area contributed by atoms with Gasteiger partial charge < -0.3 is 9.47 Å². The van der Waals surface area contributed by atoms with Gasteiger partial charge in [-0.1, -0.05) is 182 Å². The highest BCUT2D eigenvalue weighted by atomic mass is 32.1. The summed E-state index contributed by atoms with van der Waals surface area (Å²) < 4.78 is 5.15. The quantitative estimate of drug-likeness (QED) is 0.168. The topological polar surface area (TPSA) is 8.17 Å². The van der Waals surface area contributed by atoms with Crippen LogP contribution in [-0.2, 0) is 5.41 Å². The zero-order valence-electron chi connectivity index (χ0n) is 34.7. The number of benzene rings is 10. The first-order valence-corrected chi connectivity index (χ1v) is 22.9. The summed E-state index contributed by atoms with van der Waals surface area (Å²) in [5.41, 5.74) is 19.3. The summed E-state index contributed by atoms with van der Waals surface area (Å²) in [4.78, 5) is 2.56. The van der Waals surface area contributed by atoms with E-state index in [0.29, 0.717) is 0 Å². The van der Waals surface area contributed by atoms with Crippen LogP contribution in [0.1, 0.15) is 22.3 Å². The van der Waals surface area contributed by atoms with Crippen LogP contribution in [-0.4, -0.2) is 4.57 Å². The molecule has 2 nitrogen and oxygen atoms in total. The van der Waals surface area contributed by atoms with Crippen LogP contribution in [0.4, 0.5) is 17.1 Å². The molecule has 2 heterocycles. The van der Waals surface area contributed by atoms with Gasteiger partial charge in [0.05, 0.1) is 27.8 Å². The molecular weight excluding hydrogens is 793 g/mol. The molecule has 0 bridgehead atoms. The second-order valence-corrected chi connectivity index (χ2v) is 18.2. The van der Waals surface area contributed by atoms with E-state index in [9.17, 15) is 0 Å². The minimum Gasteiger partial charge on any atom is -0.308 e. The zero-order chi connectivity index (χ0) is 41.9. The predicted octanol–water partition coefficient (Wildman–Crippen LogP) is 16.6. The van der Waals surface area contributed by atoms with Gasteiger partial charge in [-0.3, -0.25) is 0 Å². The Bertz CT molecular complexity index is 3790. The Balaban J connectivity index is 1.12. The Morgan fingerprint density at radius 2 is 0.906 bits per heavy atom. The smallest absolute Gasteiger partial charge is 0.0782 e. The molecule has 0 radical (unpaired) electrons. The first-order valence-electron chi connectivity index (χ1n) is 22.1. The van der Waals surface area contributed by atoms with Crippen LogP contribution in [0.5, 0.6) is 0 Å². The number of aromatic nitrogens is 1. The molecule has 0 atom stereocenters. The number of hydrogen-bond donors (Lipinski definition) is 0. The van der Waals surface area contributed by atoms with Crippen molar-refractivity contribution in [2.75, 3.05) is 4.90 Å². The van der Waals surface area contributed by atoms with E-state index in [2.05, 4.69) is 240 Å². The molecule has 14 rings (SSSR count). The number of thiophene rings is 1. The van der Waals surface area contributed by atoms with Crippen LogP contribution in [0.3, 0.4) is 0 Å². The molecule has 0 aliphatic heterocycles. The molecule has 298 valence electrons. The molecule has 0 saturated heterocycles. The number of fused-ring (bicyclic) bond motifs is 17. The lowest BCUT2D eigenvalue weighted by Crippen LogP contribution is -2.26. The van der Waals surface area contributed by atoms with E-state index >= 15 is 0 Å². The van der Waals surface area contributed by atoms with Gasteiger partial charge in [0.2, 0.25) is 0 Å². The summed E-state index contributed by atoms with van der Waals surface area (Å²) >= 11 is 1.88. The molecule has 2 aliphatic rings. The molecule has 0 N–H and O–H groups in total. The highest BCUT2D eigenvalue weighted by molar-refractivity contribution is 7.26. The minimum atomic E-state index is -0.464. The van der Waals surface area contributed by atoms with Gasteiger partial charge in [-0.25, -0.2) is 0 Å². The van der Waals surface area contributed by atoms with Crippen molar-refractivity contribution in [3.05, 3.63) is 253 Å². The number of anilines is 3. The lowest BCUT2D eigenvalue weighted by molar-refractivity contribution is 0.794. The third-order valence-corrected chi connectivity index (χ3v) is 15.1. The third kappa shape index (κ3) is 4.74. The first kappa shape index (κ1) is 35.6. The molecule has 1 spiro atoms. The van der Waals surface area contributed by atoms with Crippen LogP contribution < -0.4 is 4.90 Å². The maximum Gasteiger partial charge on any atom is 0.0782 e. The Labute approximate surface area is 375 Å². The van der Waals surface area contributed by atoms with Gasteiger partial charge >= 0.3 is 0 Å². The van der Waals surface area contributed by atoms with Gasteiger partial charge in [0.25, 0.3) is 0 Å². The fourth-order valence-corrected chi connectivity index (χ4v) is 12.6. The van der Waals surface area contributed by atoms with E-state index in [1.54, 1.807) is 0 Å². The molecular formula is C61H38N2S. The van der Waals surface area contributed by atoms with Crippen LogP contribution >= 0.6 is 11.3 Å². The molecule has 10 aromatic carbocycles. The van der Waals surface area contributed by atoms with Crippen molar-refractivity contribution >= 4 is 70.4 Å². The van der Waals surface area contributed by atoms with Crippen molar-refractivity contribution in [1.82, 2.24) is 4.57 Å². The van der Waals surface area contributed by atoms with Crippen molar-refractivity contribution in [2.24, 2.45) is 0 Å². The Kier molecular flexibility index (Phi) is 7.51. The molecule has 64 heavy (non-hydrogen) atoms. The standard InChI is InChI=1S/C61H38N2S/c1-3-17-39(18-4-1)40-33-35-42(36-34-40)62(53-30-16-29-52-57(53)47-23-9-13-28-51(47)61(52)49-26-11-7-21-43(49)44-22-8-12-27-50(44)61)54-31-15-25-45-46-37-38-56-58(48-24-10-14-32-55(48)64-56)60(46)63(59(45)54)41-19-5-2-6-20-41/h1-38H. The van der Waals surface area contributed by atoms with Gasteiger partial charge in [0.1, 0.15) is 0 Å². The van der Waals surface area contributed by atoms with Crippen molar-refractivity contribution in [2.45, 2.75) is 5.41 Å². The molecule has 12 aromatic rings. The van der Waals surface area contributed by atoms with Crippen molar-refractivity contribution in [1.29, 1.82) is 0 Å². The fourth-order valence-electron chi connectivity index (χ4n) is 11.5. The van der Waals surface area contributed by atoms with Crippen molar-refractivity contribution < 1.29 is 0 Å². The van der Waals surface area contributed by atoms with Crippen LogP contribution in [0, 0.1) is 0 Å². The van der Waals surface area contributed by atoms with Gasteiger partial charge in [-0.2, -0.15) is 0 Å². The molecule has 2 aliphatic carbocycles. The zero-order valence-corrected chi connectivity index (χ0v) is 35.6. The molecule has 0 unspecified atom stereocenters. The highest BCUT2D eigenvalue weighted by Crippen LogP contribution is 2.65. The maximum absolute atomic E-state index is 2.56. The van der Waals surface area contributed by atoms with Crippen molar-refractivity contribution in [3.8, 4) is 39.1 Å². The number of nitrogens with zero attached hydrogens (tertiary/aromatic N) is 2. The molecule has 0 fully saturated rings. The largest absolute Gasteiger partial charge is 0.308 e. The maximum atomic E-state index is 2.56. The Morgan fingerprint density at radius 3 is 1.66 bits per heavy atom. The first-order chi connectivity index (χ1) is 31.8. The summed E-state index contributed by atoms with van der Waals surface area (Å²) in [6.07, 6.45) is 0. The van der Waals surface area contributed by atoms with Gasteiger partial charge in [-0.05, 0) is 98.6 Å². The van der Waals surface area contributed by atoms with E-state index < -0.39 is 5.41 Å². The van der Waals surface area contributed by atoms with E-state index in [0.717, 1.165) is 22.7 Å². The van der Waals surface area contributed by atoms with Crippen LogP contribution in [0.2, 0.25) is 0 Å². The summed E-state index contributed by atoms with van der Waals surface area (Å²) in [6, 6.07) is 85.8. The fraction of sp³-hybridized carbons (Fsp3) is 0.0164. The Morgan fingerprint density at radius 1 is 0.359 bits per heavy atom. The molecule has 0 saturated carbocycles. The summed E-state index contributed by atoms with van der Waals surface area (Å²) in [7, 11) is 0. The van der Waals surface area contributed by atoms with E-state index in [-0.39, 0.29) is 0 Å². The highest BCUT2D eigenvalue weighted by Gasteiger charge is 2.52. The Hall–Kier alpha value is -7.98. The number of rotatable bonds is 5. The van der Waals surface area contributed by atoms with Crippen molar-refractivity contribution in [3.63, 3.8) is 0 Å². The summed E-state index contributed by atoms with van der Waals surface area (Å²) in [5, 5.41) is 5.07. The summed E-state index contributed by atoms with van der Waals surface area (Å²) in [5.74, 6) is 0. The normalized spacial score (nSPS) is 13.1. The number of hydrogen-bond acceptors (Lipinski definition) is 2. The van der Waals surface area contributed by atoms with Gasteiger partial charge in [0.15, 0.2) is 0 Å². The lowest BCUT2D eigenvalue weighted by Gasteiger charge is -2.32. The van der Waals surface area contributed by atoms with E-state index in [1.165, 1.54) is 97.6 Å². The monoisotopic (exact) mass is 830 g/mol. The average Bonchev–Trinajstić information content (AvgIpc) is 4.09. The predicted molar refractivity (Wildman–Crippen MR) is 270 cm³/mol. The average molecular weight is 831 g/mol. The molecule has 0 amide bonds.